The number of rotatable bonds is 2. The van der Waals surface area contributed by atoms with Gasteiger partial charge in [0.05, 0.1) is 13.2 Å². The van der Waals surface area contributed by atoms with Crippen LogP contribution >= 0.6 is 11.3 Å². The van der Waals surface area contributed by atoms with Gasteiger partial charge in [-0.1, -0.05) is 0 Å². The summed E-state index contributed by atoms with van der Waals surface area (Å²) in [4.78, 5) is 13.6. The molecule has 1 atom stereocenters. The van der Waals surface area contributed by atoms with E-state index in [1.807, 2.05) is 12.3 Å². The molecule has 2 aromatic heterocycles. The summed E-state index contributed by atoms with van der Waals surface area (Å²) in [5.74, 6) is 0.0661. The molecule has 22 heavy (non-hydrogen) atoms. The Morgan fingerprint density at radius 1 is 1.36 bits per heavy atom. The summed E-state index contributed by atoms with van der Waals surface area (Å²) in [6, 6.07) is 0.867. The van der Waals surface area contributed by atoms with Gasteiger partial charge in [0, 0.05) is 23.8 Å². The molecule has 9 heteroatoms. The van der Waals surface area contributed by atoms with Crippen LogP contribution in [-0.2, 0) is 10.9 Å². The second kappa shape index (κ2) is 5.81. The lowest BCUT2D eigenvalue weighted by atomic mass is 10.3. The molecule has 0 bridgehead atoms. The molecule has 0 aliphatic carbocycles. The Balaban J connectivity index is 1.80. The number of aromatic nitrogens is 3. The number of nitrogens with zero attached hydrogens (tertiary/aromatic N) is 4. The first-order chi connectivity index (χ1) is 10.4. The Bertz CT molecular complexity index is 661. The Kier molecular flexibility index (Phi) is 4.00. The summed E-state index contributed by atoms with van der Waals surface area (Å²) < 4.78 is 43.9. The molecule has 0 saturated carbocycles. The van der Waals surface area contributed by atoms with Crippen LogP contribution in [0.3, 0.4) is 0 Å². The molecular weight excluding hydrogens is 317 g/mol. The Hall–Kier alpha value is -1.74. The van der Waals surface area contributed by atoms with E-state index in [1.165, 1.54) is 11.3 Å². The van der Waals surface area contributed by atoms with E-state index >= 15 is 0 Å². The number of halogens is 3. The molecule has 0 unspecified atom stereocenters. The first-order valence-electron chi connectivity index (χ1n) is 6.62. The first kappa shape index (κ1) is 15.2. The van der Waals surface area contributed by atoms with E-state index in [-0.39, 0.29) is 12.1 Å². The van der Waals surface area contributed by atoms with Crippen LogP contribution in [0.25, 0.3) is 0 Å². The molecule has 118 valence electrons. The van der Waals surface area contributed by atoms with Crippen molar-refractivity contribution in [2.75, 3.05) is 24.6 Å². The van der Waals surface area contributed by atoms with E-state index in [0.717, 1.165) is 23.0 Å². The first-order valence-corrected chi connectivity index (χ1v) is 7.50. The zero-order valence-electron chi connectivity index (χ0n) is 11.7. The summed E-state index contributed by atoms with van der Waals surface area (Å²) in [5.41, 5.74) is -0.0401. The summed E-state index contributed by atoms with van der Waals surface area (Å²) in [6.07, 6.45) is -3.62. The van der Waals surface area contributed by atoms with Crippen LogP contribution in [0.2, 0.25) is 0 Å². The fourth-order valence-corrected chi connectivity index (χ4v) is 2.99. The number of hydrogen-bond acceptors (Lipinski definition) is 6. The molecule has 0 radical (unpaired) electrons. The summed E-state index contributed by atoms with van der Waals surface area (Å²) in [7, 11) is 0. The Morgan fingerprint density at radius 3 is 2.86 bits per heavy atom. The average molecular weight is 330 g/mol. The normalized spacial score (nSPS) is 19.5. The van der Waals surface area contributed by atoms with Gasteiger partial charge in [-0.05, 0) is 13.0 Å². The van der Waals surface area contributed by atoms with E-state index in [1.54, 1.807) is 4.90 Å². The van der Waals surface area contributed by atoms with E-state index in [4.69, 9.17) is 4.74 Å². The Labute approximate surface area is 128 Å². The molecule has 0 spiro atoms. The van der Waals surface area contributed by atoms with Gasteiger partial charge < -0.3 is 9.64 Å². The quantitative estimate of drug-likeness (QED) is 0.847. The molecule has 2 aromatic rings. The largest absolute Gasteiger partial charge is 0.433 e. The van der Waals surface area contributed by atoms with Crippen molar-refractivity contribution >= 4 is 17.3 Å². The van der Waals surface area contributed by atoms with Crippen molar-refractivity contribution in [1.29, 1.82) is 0 Å². The lowest BCUT2D eigenvalue weighted by molar-refractivity contribution is -0.141. The van der Waals surface area contributed by atoms with Crippen molar-refractivity contribution < 1.29 is 17.9 Å². The van der Waals surface area contributed by atoms with Crippen molar-refractivity contribution in [2.24, 2.45) is 0 Å². The average Bonchev–Trinajstić information content (AvgIpc) is 2.93. The molecule has 1 aliphatic heterocycles. The predicted octanol–water partition coefficient (Wildman–Crippen LogP) is 2.84. The van der Waals surface area contributed by atoms with Crippen LogP contribution in [0, 0.1) is 6.92 Å². The zero-order valence-corrected chi connectivity index (χ0v) is 12.5. The topological polar surface area (TPSA) is 51.1 Å². The molecule has 5 nitrogen and oxygen atoms in total. The zero-order chi connectivity index (χ0) is 15.7. The van der Waals surface area contributed by atoms with Crippen LogP contribution in [0.15, 0.2) is 17.6 Å². The monoisotopic (exact) mass is 330 g/mol. The minimum atomic E-state index is -4.48. The molecule has 0 N–H and O–H groups in total. The van der Waals surface area contributed by atoms with E-state index in [2.05, 4.69) is 15.0 Å². The van der Waals surface area contributed by atoms with Gasteiger partial charge in [0.15, 0.2) is 0 Å². The van der Waals surface area contributed by atoms with E-state index < -0.39 is 11.9 Å². The van der Waals surface area contributed by atoms with Gasteiger partial charge in [-0.3, -0.25) is 0 Å². The summed E-state index contributed by atoms with van der Waals surface area (Å²) in [6.45, 7) is 3.11. The SMILES string of the molecule is Cc1csc([C@H]2CN(c3nccc(C(F)(F)F)n3)CCO2)n1. The highest BCUT2D eigenvalue weighted by atomic mass is 32.1. The second-order valence-electron chi connectivity index (χ2n) is 4.87. The molecule has 1 fully saturated rings. The van der Waals surface area contributed by atoms with Crippen LogP contribution in [0.1, 0.15) is 22.5 Å². The summed E-state index contributed by atoms with van der Waals surface area (Å²) in [5, 5.41) is 2.73. The fourth-order valence-electron chi connectivity index (χ4n) is 2.16. The van der Waals surface area contributed by atoms with Gasteiger partial charge >= 0.3 is 6.18 Å². The van der Waals surface area contributed by atoms with Crippen LogP contribution in [0.5, 0.6) is 0 Å². The number of morpholine rings is 1. The lowest BCUT2D eigenvalue weighted by Gasteiger charge is -2.32. The highest BCUT2D eigenvalue weighted by Gasteiger charge is 2.34. The van der Waals surface area contributed by atoms with Gasteiger partial charge in [-0.15, -0.1) is 11.3 Å². The third kappa shape index (κ3) is 3.20. The van der Waals surface area contributed by atoms with Gasteiger partial charge in [0.25, 0.3) is 0 Å². The molecule has 1 aliphatic rings. The number of alkyl halides is 3. The second-order valence-corrected chi connectivity index (χ2v) is 5.76. The number of ether oxygens (including phenoxy) is 1. The van der Waals surface area contributed by atoms with Crippen molar-refractivity contribution in [2.45, 2.75) is 19.2 Å². The standard InChI is InChI=1S/C13H13F3N4OS/c1-8-7-22-11(18-8)9-6-20(4-5-21-9)12-17-3-2-10(19-12)13(14,15)16/h2-3,7,9H,4-6H2,1H3/t9-/m1/s1. The number of aryl methyl sites for hydroxylation is 1. The number of hydrogen-bond donors (Lipinski definition) is 0. The van der Waals surface area contributed by atoms with Gasteiger partial charge in [-0.25, -0.2) is 15.0 Å². The van der Waals surface area contributed by atoms with Crippen molar-refractivity contribution in [3.05, 3.63) is 34.0 Å². The maximum atomic E-state index is 12.7. The molecular formula is C13H13F3N4OS. The third-order valence-electron chi connectivity index (χ3n) is 3.19. The van der Waals surface area contributed by atoms with Crippen LogP contribution in [-0.4, -0.2) is 34.6 Å². The predicted molar refractivity (Wildman–Crippen MR) is 74.8 cm³/mol. The molecule has 3 rings (SSSR count). The van der Waals surface area contributed by atoms with Gasteiger partial charge in [-0.2, -0.15) is 13.2 Å². The fraction of sp³-hybridized carbons (Fsp3) is 0.462. The number of thiazole rings is 1. The van der Waals surface area contributed by atoms with Crippen LogP contribution < -0.4 is 4.90 Å². The van der Waals surface area contributed by atoms with Crippen LogP contribution in [0.4, 0.5) is 19.1 Å². The highest BCUT2D eigenvalue weighted by molar-refractivity contribution is 7.09. The maximum Gasteiger partial charge on any atom is 0.433 e. The van der Waals surface area contributed by atoms with E-state index in [0.29, 0.717) is 19.7 Å². The van der Waals surface area contributed by atoms with Gasteiger partial charge in [0.1, 0.15) is 16.8 Å². The van der Waals surface area contributed by atoms with E-state index in [9.17, 15) is 13.2 Å². The lowest BCUT2D eigenvalue weighted by Crippen LogP contribution is -2.39. The number of anilines is 1. The highest BCUT2D eigenvalue weighted by Crippen LogP contribution is 2.30. The summed E-state index contributed by atoms with van der Waals surface area (Å²) >= 11 is 1.48. The molecule has 0 amide bonds. The molecule has 0 aromatic carbocycles. The third-order valence-corrected chi connectivity index (χ3v) is 4.25. The Morgan fingerprint density at radius 2 is 2.18 bits per heavy atom. The molecule has 1 saturated heterocycles. The van der Waals surface area contributed by atoms with Crippen molar-refractivity contribution in [1.82, 2.24) is 15.0 Å². The minimum absolute atomic E-state index is 0.0661. The minimum Gasteiger partial charge on any atom is -0.367 e. The van der Waals surface area contributed by atoms with Gasteiger partial charge in [0.2, 0.25) is 5.95 Å². The van der Waals surface area contributed by atoms with Crippen molar-refractivity contribution in [3.63, 3.8) is 0 Å². The molecule has 3 heterocycles. The smallest absolute Gasteiger partial charge is 0.367 e. The maximum absolute atomic E-state index is 12.7. The van der Waals surface area contributed by atoms with Crippen molar-refractivity contribution in [3.8, 4) is 0 Å².